The van der Waals surface area contributed by atoms with E-state index in [1.54, 1.807) is 41.7 Å². The molecule has 1 aliphatic heterocycles. The summed E-state index contributed by atoms with van der Waals surface area (Å²) in [5, 5.41) is 0.909. The van der Waals surface area contributed by atoms with Crippen molar-refractivity contribution in [2.75, 3.05) is 0 Å². The van der Waals surface area contributed by atoms with E-state index < -0.39 is 5.97 Å². The zero-order chi connectivity index (χ0) is 22.4. The second kappa shape index (κ2) is 7.69. The predicted molar refractivity (Wildman–Crippen MR) is 129 cm³/mol. The molecule has 2 aromatic heterocycles. The number of para-hydroxylation sites is 2. The second-order valence-corrected chi connectivity index (χ2v) is 8.62. The quantitative estimate of drug-likeness (QED) is 0.148. The zero-order valence-electron chi connectivity index (χ0n) is 17.3. The van der Waals surface area contributed by atoms with Gasteiger partial charge in [0, 0.05) is 11.3 Å². The fraction of sp³-hybridized carbons (Fsp3) is 0. The highest BCUT2D eigenvalue weighted by Crippen LogP contribution is 2.36. The van der Waals surface area contributed by atoms with E-state index in [1.807, 2.05) is 71.3 Å². The van der Waals surface area contributed by atoms with Crippen LogP contribution in [0.3, 0.4) is 0 Å². The maximum absolute atomic E-state index is 13.1. The van der Waals surface area contributed by atoms with Gasteiger partial charge in [-0.2, -0.15) is 0 Å². The highest BCUT2D eigenvalue weighted by Gasteiger charge is 2.31. The normalized spacial score (nSPS) is 14.5. The van der Waals surface area contributed by atoms with Gasteiger partial charge in [0.05, 0.1) is 16.0 Å². The summed E-state index contributed by atoms with van der Waals surface area (Å²) >= 11 is 1.57. The number of carbonyl (C=O) groups is 2. The van der Waals surface area contributed by atoms with Crippen molar-refractivity contribution in [1.82, 2.24) is 9.55 Å². The smallest absolute Gasteiger partial charge is 0.347 e. The third kappa shape index (κ3) is 3.28. The largest absolute Gasteiger partial charge is 0.422 e. The van der Waals surface area contributed by atoms with Crippen molar-refractivity contribution < 1.29 is 14.3 Å². The van der Waals surface area contributed by atoms with Crippen LogP contribution in [0, 0.1) is 0 Å². The van der Waals surface area contributed by atoms with Gasteiger partial charge in [-0.15, -0.1) is 11.3 Å². The number of thiazole rings is 1. The lowest BCUT2D eigenvalue weighted by molar-refractivity contribution is -0.130. The molecule has 0 spiro atoms. The summed E-state index contributed by atoms with van der Waals surface area (Å²) in [6.07, 6.45) is 1.60. The number of benzene rings is 3. The first-order valence-electron chi connectivity index (χ1n) is 10.4. The Morgan fingerprint density at radius 1 is 0.848 bits per heavy atom. The van der Waals surface area contributed by atoms with E-state index in [2.05, 4.69) is 0 Å². The van der Waals surface area contributed by atoms with Crippen LogP contribution < -0.4 is 4.74 Å². The van der Waals surface area contributed by atoms with E-state index in [9.17, 15) is 9.59 Å². The second-order valence-electron chi connectivity index (χ2n) is 7.59. The van der Waals surface area contributed by atoms with Crippen LogP contribution in [0.25, 0.3) is 32.7 Å². The Morgan fingerprint density at radius 2 is 1.55 bits per heavy atom. The maximum Gasteiger partial charge on any atom is 0.347 e. The minimum Gasteiger partial charge on any atom is -0.422 e. The maximum atomic E-state index is 13.1. The van der Waals surface area contributed by atoms with Gasteiger partial charge in [0.25, 0.3) is 0 Å². The third-order valence-corrected chi connectivity index (χ3v) is 6.55. The summed E-state index contributed by atoms with van der Waals surface area (Å²) in [4.78, 5) is 30.7. The fourth-order valence-electron chi connectivity index (χ4n) is 3.97. The lowest BCUT2D eigenvalue weighted by atomic mass is 9.99. The van der Waals surface area contributed by atoms with Gasteiger partial charge in [-0.1, -0.05) is 60.7 Å². The number of rotatable bonds is 3. The van der Waals surface area contributed by atoms with Crippen molar-refractivity contribution in [3.05, 3.63) is 108 Å². The molecule has 3 aromatic carbocycles. The molecule has 33 heavy (non-hydrogen) atoms. The molecular formula is C27H16N2O3S. The minimum atomic E-state index is -0.652. The topological polar surface area (TPSA) is 61.2 Å². The van der Waals surface area contributed by atoms with Crippen molar-refractivity contribution in [3.63, 3.8) is 0 Å². The molecule has 3 heterocycles. The van der Waals surface area contributed by atoms with E-state index in [1.165, 1.54) is 0 Å². The zero-order valence-corrected chi connectivity index (χ0v) is 18.1. The van der Waals surface area contributed by atoms with Gasteiger partial charge in [0.15, 0.2) is 5.65 Å². The van der Waals surface area contributed by atoms with E-state index in [0.717, 1.165) is 26.6 Å². The van der Waals surface area contributed by atoms with Crippen LogP contribution in [0.2, 0.25) is 0 Å². The molecular weight excluding hydrogens is 432 g/mol. The first-order valence-corrected chi connectivity index (χ1v) is 11.2. The molecule has 0 N–H and O–H groups in total. The van der Waals surface area contributed by atoms with Crippen molar-refractivity contribution >= 4 is 39.5 Å². The van der Waals surface area contributed by atoms with Crippen LogP contribution in [-0.2, 0) is 4.79 Å². The first-order chi connectivity index (χ1) is 16.2. The molecule has 158 valence electrons. The Morgan fingerprint density at radius 3 is 2.33 bits per heavy atom. The third-order valence-electron chi connectivity index (χ3n) is 5.51. The van der Waals surface area contributed by atoms with Crippen molar-refractivity contribution in [2.45, 2.75) is 0 Å². The van der Waals surface area contributed by atoms with Gasteiger partial charge in [0.1, 0.15) is 16.3 Å². The summed E-state index contributed by atoms with van der Waals surface area (Å²) in [6.45, 7) is 0. The standard InChI is InChI=1S/C27H16N2O3S/c30-24-20-13-7-8-14-22(20)32-27(31)21(24)15-19-16-23-25(29(19)18-11-5-2-6-12-18)28-26(33-23)17-9-3-1-4-10-17/h1-16H/b21-15-. The van der Waals surface area contributed by atoms with Crippen LogP contribution in [0.4, 0.5) is 0 Å². The minimum absolute atomic E-state index is 0.000632. The van der Waals surface area contributed by atoms with Crippen LogP contribution in [0.1, 0.15) is 16.1 Å². The summed E-state index contributed by atoms with van der Waals surface area (Å²) < 4.78 is 8.34. The summed E-state index contributed by atoms with van der Waals surface area (Å²) in [6, 6.07) is 28.5. The van der Waals surface area contributed by atoms with E-state index in [4.69, 9.17) is 9.72 Å². The number of ketones is 1. The van der Waals surface area contributed by atoms with E-state index in [-0.39, 0.29) is 11.4 Å². The molecule has 0 unspecified atom stereocenters. The Hall–Kier alpha value is -4.29. The highest BCUT2D eigenvalue weighted by atomic mass is 32.1. The Balaban J connectivity index is 1.54. The average Bonchev–Trinajstić information content (AvgIpc) is 3.40. The number of fused-ring (bicyclic) bond motifs is 2. The molecule has 0 saturated carbocycles. The van der Waals surface area contributed by atoms with Gasteiger partial charge >= 0.3 is 5.97 Å². The number of aromatic nitrogens is 2. The van der Waals surface area contributed by atoms with Gasteiger partial charge in [-0.3, -0.25) is 9.36 Å². The van der Waals surface area contributed by atoms with Crippen molar-refractivity contribution in [3.8, 4) is 22.0 Å². The SMILES string of the molecule is O=C1Oc2ccccc2C(=O)/C1=C/c1cc2sc(-c3ccccc3)nc2n1-c1ccccc1. The van der Waals surface area contributed by atoms with Crippen LogP contribution in [0.5, 0.6) is 5.75 Å². The fourth-order valence-corrected chi connectivity index (χ4v) is 4.97. The molecule has 6 rings (SSSR count). The molecule has 6 heteroatoms. The lowest BCUT2D eigenvalue weighted by Gasteiger charge is -2.16. The van der Waals surface area contributed by atoms with Crippen molar-refractivity contribution in [1.29, 1.82) is 0 Å². The first kappa shape index (κ1) is 19.4. The molecule has 5 aromatic rings. The van der Waals surface area contributed by atoms with Crippen LogP contribution >= 0.6 is 11.3 Å². The number of nitrogens with zero attached hydrogens (tertiary/aromatic N) is 2. The summed E-state index contributed by atoms with van der Waals surface area (Å²) in [5.74, 6) is -0.706. The molecule has 0 atom stereocenters. The number of carbonyl (C=O) groups excluding carboxylic acids is 2. The van der Waals surface area contributed by atoms with E-state index >= 15 is 0 Å². The molecule has 0 amide bonds. The highest BCUT2D eigenvalue weighted by molar-refractivity contribution is 7.21. The van der Waals surface area contributed by atoms with Crippen LogP contribution in [-0.4, -0.2) is 21.3 Å². The van der Waals surface area contributed by atoms with Gasteiger partial charge in [0.2, 0.25) is 5.78 Å². The number of Topliss-reactive ketones (excluding diaryl/α,β-unsaturated/α-hetero) is 1. The Bertz CT molecular complexity index is 1560. The number of hydrogen-bond acceptors (Lipinski definition) is 5. The molecule has 0 radical (unpaired) electrons. The Labute approximate surface area is 193 Å². The monoisotopic (exact) mass is 448 g/mol. The number of hydrogen-bond donors (Lipinski definition) is 0. The van der Waals surface area contributed by atoms with Gasteiger partial charge in [-0.05, 0) is 36.4 Å². The van der Waals surface area contributed by atoms with Gasteiger partial charge < -0.3 is 4.74 Å². The molecule has 5 nitrogen and oxygen atoms in total. The Kier molecular flexibility index (Phi) is 4.52. The number of ether oxygens (including phenoxy) is 1. The summed E-state index contributed by atoms with van der Waals surface area (Å²) in [5.41, 5.74) is 3.78. The predicted octanol–water partition coefficient (Wildman–Crippen LogP) is 5.94. The van der Waals surface area contributed by atoms with Crippen LogP contribution in [0.15, 0.2) is 96.6 Å². The molecule has 0 fully saturated rings. The van der Waals surface area contributed by atoms with E-state index in [0.29, 0.717) is 17.0 Å². The molecule has 1 aliphatic rings. The number of esters is 1. The van der Waals surface area contributed by atoms with Gasteiger partial charge in [-0.25, -0.2) is 9.78 Å². The summed E-state index contributed by atoms with van der Waals surface area (Å²) in [7, 11) is 0. The van der Waals surface area contributed by atoms with Crippen molar-refractivity contribution in [2.24, 2.45) is 0 Å². The molecule has 0 bridgehead atoms. The molecule has 0 aliphatic carbocycles. The lowest BCUT2D eigenvalue weighted by Crippen LogP contribution is -2.25. The molecule has 0 saturated heterocycles. The average molecular weight is 449 g/mol.